The van der Waals surface area contributed by atoms with Gasteiger partial charge in [0.1, 0.15) is 10.7 Å². The summed E-state index contributed by atoms with van der Waals surface area (Å²) in [5.41, 5.74) is 6.85. The number of amides is 1. The number of nitrogens with one attached hydrogen (secondary N) is 1. The average Bonchev–Trinajstić information content (AvgIpc) is 3.42. The van der Waals surface area contributed by atoms with E-state index in [2.05, 4.69) is 16.5 Å². The van der Waals surface area contributed by atoms with Gasteiger partial charge >= 0.3 is 0 Å². The van der Waals surface area contributed by atoms with Crippen molar-refractivity contribution in [1.82, 2.24) is 10.1 Å². The van der Waals surface area contributed by atoms with Crippen LogP contribution in [0.2, 0.25) is 5.02 Å². The van der Waals surface area contributed by atoms with E-state index in [1.54, 1.807) is 0 Å². The van der Waals surface area contributed by atoms with E-state index in [1.165, 1.54) is 11.3 Å². The molecule has 7 heteroatoms. The number of aryl methyl sites for hydroxylation is 2. The standard InChI is InChI=1S/C26H20ClN3O2S/c1-15-10-16(2)25-21(30-32-23(25)11-15)13-24(31)28-18-7-5-6-17(12-18)22-14-33-26(29-22)19-8-3-4-9-20(19)27/h3-12,14H,13H2,1-2H3,(H,28,31). The number of carbonyl (C=O) groups is 1. The van der Waals surface area contributed by atoms with Gasteiger partial charge in [-0.15, -0.1) is 11.3 Å². The Balaban J connectivity index is 1.34. The molecular formula is C26H20ClN3O2S. The largest absolute Gasteiger partial charge is 0.356 e. The van der Waals surface area contributed by atoms with Crippen LogP contribution in [0.15, 0.2) is 70.6 Å². The summed E-state index contributed by atoms with van der Waals surface area (Å²) in [4.78, 5) is 17.5. The Hall–Kier alpha value is -3.48. The number of carbonyl (C=O) groups excluding carboxylic acids is 1. The molecule has 5 rings (SSSR count). The lowest BCUT2D eigenvalue weighted by Gasteiger charge is -2.06. The number of benzene rings is 3. The molecule has 164 valence electrons. The van der Waals surface area contributed by atoms with E-state index in [0.717, 1.165) is 38.3 Å². The topological polar surface area (TPSA) is 68.0 Å². The van der Waals surface area contributed by atoms with E-state index in [0.29, 0.717) is 22.0 Å². The summed E-state index contributed by atoms with van der Waals surface area (Å²) in [6.45, 7) is 4.01. The molecule has 3 aromatic carbocycles. The van der Waals surface area contributed by atoms with Crippen molar-refractivity contribution in [3.8, 4) is 21.8 Å². The molecule has 0 aliphatic heterocycles. The molecule has 1 amide bonds. The van der Waals surface area contributed by atoms with E-state index < -0.39 is 0 Å². The van der Waals surface area contributed by atoms with E-state index >= 15 is 0 Å². The van der Waals surface area contributed by atoms with Crippen LogP contribution in [0.1, 0.15) is 16.8 Å². The van der Waals surface area contributed by atoms with Crippen LogP contribution >= 0.6 is 22.9 Å². The van der Waals surface area contributed by atoms with Crippen molar-refractivity contribution < 1.29 is 9.32 Å². The van der Waals surface area contributed by atoms with Crippen molar-refractivity contribution in [2.24, 2.45) is 0 Å². The lowest BCUT2D eigenvalue weighted by molar-refractivity contribution is -0.115. The number of fused-ring (bicyclic) bond motifs is 1. The quantitative estimate of drug-likeness (QED) is 0.296. The van der Waals surface area contributed by atoms with E-state index in [4.69, 9.17) is 21.1 Å². The molecule has 0 saturated heterocycles. The third-order valence-corrected chi connectivity index (χ3v) is 6.57. The maximum Gasteiger partial charge on any atom is 0.230 e. The smallest absolute Gasteiger partial charge is 0.230 e. The van der Waals surface area contributed by atoms with Crippen molar-refractivity contribution in [1.29, 1.82) is 0 Å². The van der Waals surface area contributed by atoms with Crippen LogP contribution in [-0.4, -0.2) is 16.0 Å². The minimum atomic E-state index is -0.155. The molecule has 1 N–H and O–H groups in total. The highest BCUT2D eigenvalue weighted by Crippen LogP contribution is 2.33. The summed E-state index contributed by atoms with van der Waals surface area (Å²) >= 11 is 7.85. The van der Waals surface area contributed by atoms with Gasteiger partial charge in [0, 0.05) is 27.6 Å². The Kier molecular flexibility index (Phi) is 5.70. The third-order valence-electron chi connectivity index (χ3n) is 5.36. The first-order chi connectivity index (χ1) is 16.0. The zero-order chi connectivity index (χ0) is 22.9. The van der Waals surface area contributed by atoms with Crippen LogP contribution in [0.25, 0.3) is 32.8 Å². The molecule has 0 unspecified atom stereocenters. The molecule has 0 radical (unpaired) electrons. The first-order valence-electron chi connectivity index (χ1n) is 10.4. The van der Waals surface area contributed by atoms with E-state index in [-0.39, 0.29) is 12.3 Å². The van der Waals surface area contributed by atoms with E-state index in [9.17, 15) is 4.79 Å². The Bertz CT molecular complexity index is 1490. The molecule has 5 aromatic rings. The molecule has 0 bridgehead atoms. The lowest BCUT2D eigenvalue weighted by Crippen LogP contribution is -2.14. The number of halogens is 1. The van der Waals surface area contributed by atoms with Crippen LogP contribution in [0.3, 0.4) is 0 Å². The minimum Gasteiger partial charge on any atom is -0.356 e. The fourth-order valence-corrected chi connectivity index (χ4v) is 5.07. The summed E-state index contributed by atoms with van der Waals surface area (Å²) in [5.74, 6) is -0.155. The molecule has 2 aromatic heterocycles. The van der Waals surface area contributed by atoms with Gasteiger partial charge in [-0.1, -0.05) is 53.2 Å². The van der Waals surface area contributed by atoms with Gasteiger partial charge in [0.2, 0.25) is 5.91 Å². The molecule has 0 aliphatic carbocycles. The molecule has 0 spiro atoms. The number of nitrogens with zero attached hydrogens (tertiary/aromatic N) is 2. The Morgan fingerprint density at radius 2 is 1.94 bits per heavy atom. The second kappa shape index (κ2) is 8.81. The molecule has 0 atom stereocenters. The van der Waals surface area contributed by atoms with Crippen LogP contribution in [0, 0.1) is 13.8 Å². The number of anilines is 1. The first-order valence-corrected chi connectivity index (χ1v) is 11.7. The summed E-state index contributed by atoms with van der Waals surface area (Å²) < 4.78 is 5.44. The fraction of sp³-hybridized carbons (Fsp3) is 0.115. The maximum atomic E-state index is 12.8. The highest BCUT2D eigenvalue weighted by atomic mass is 35.5. The maximum absolute atomic E-state index is 12.8. The Morgan fingerprint density at radius 3 is 2.79 bits per heavy atom. The SMILES string of the molecule is Cc1cc(C)c2c(CC(=O)Nc3cccc(-c4csc(-c5ccccc5Cl)n4)c3)noc2c1. The van der Waals surface area contributed by atoms with Gasteiger partial charge in [0.15, 0.2) is 5.58 Å². The number of hydrogen-bond donors (Lipinski definition) is 1. The molecule has 0 saturated carbocycles. The number of hydrogen-bond acceptors (Lipinski definition) is 5. The Morgan fingerprint density at radius 1 is 1.09 bits per heavy atom. The third kappa shape index (κ3) is 4.40. The van der Waals surface area contributed by atoms with Crippen LogP contribution < -0.4 is 5.32 Å². The van der Waals surface area contributed by atoms with E-state index in [1.807, 2.05) is 73.8 Å². The van der Waals surface area contributed by atoms with Gasteiger partial charge in [-0.3, -0.25) is 4.79 Å². The molecule has 5 nitrogen and oxygen atoms in total. The van der Waals surface area contributed by atoms with Gasteiger partial charge in [0.25, 0.3) is 0 Å². The zero-order valence-electron chi connectivity index (χ0n) is 18.1. The lowest BCUT2D eigenvalue weighted by atomic mass is 10.0. The van der Waals surface area contributed by atoms with Gasteiger partial charge in [0.05, 0.1) is 17.1 Å². The highest BCUT2D eigenvalue weighted by molar-refractivity contribution is 7.13. The monoisotopic (exact) mass is 473 g/mol. The van der Waals surface area contributed by atoms with Gasteiger partial charge in [-0.25, -0.2) is 4.98 Å². The minimum absolute atomic E-state index is 0.133. The van der Waals surface area contributed by atoms with Crippen molar-refractivity contribution in [3.05, 3.63) is 87.9 Å². The van der Waals surface area contributed by atoms with Gasteiger partial charge < -0.3 is 9.84 Å². The number of thiazole rings is 1. The van der Waals surface area contributed by atoms with Crippen molar-refractivity contribution in [3.63, 3.8) is 0 Å². The predicted molar refractivity (Wildman–Crippen MR) is 134 cm³/mol. The van der Waals surface area contributed by atoms with Gasteiger partial charge in [-0.05, 0) is 49.2 Å². The average molecular weight is 474 g/mol. The fourth-order valence-electron chi connectivity index (χ4n) is 3.92. The number of aromatic nitrogens is 2. The molecule has 33 heavy (non-hydrogen) atoms. The molecular weight excluding hydrogens is 454 g/mol. The van der Waals surface area contributed by atoms with Crippen molar-refractivity contribution >= 4 is 45.5 Å². The normalized spacial score (nSPS) is 11.1. The van der Waals surface area contributed by atoms with Crippen LogP contribution in [0.4, 0.5) is 5.69 Å². The summed E-state index contributed by atoms with van der Waals surface area (Å²) in [6, 6.07) is 19.3. The van der Waals surface area contributed by atoms with Crippen LogP contribution in [0.5, 0.6) is 0 Å². The second-order valence-corrected chi connectivity index (χ2v) is 9.17. The van der Waals surface area contributed by atoms with Crippen molar-refractivity contribution in [2.75, 3.05) is 5.32 Å². The second-order valence-electron chi connectivity index (χ2n) is 7.91. The molecule has 2 heterocycles. The predicted octanol–water partition coefficient (Wildman–Crippen LogP) is 7.07. The highest BCUT2D eigenvalue weighted by Gasteiger charge is 2.16. The summed E-state index contributed by atoms with van der Waals surface area (Å²) in [6.07, 6.45) is 0.133. The van der Waals surface area contributed by atoms with Crippen molar-refractivity contribution in [2.45, 2.75) is 20.3 Å². The first kappa shape index (κ1) is 21.4. The molecule has 0 aliphatic rings. The summed E-state index contributed by atoms with van der Waals surface area (Å²) in [5, 5.41) is 11.5. The zero-order valence-corrected chi connectivity index (χ0v) is 19.6. The Labute approximate surface area is 200 Å². The van der Waals surface area contributed by atoms with Gasteiger partial charge in [-0.2, -0.15) is 0 Å². The summed E-state index contributed by atoms with van der Waals surface area (Å²) in [7, 11) is 0. The number of rotatable bonds is 5. The van der Waals surface area contributed by atoms with Crippen LogP contribution in [-0.2, 0) is 11.2 Å². The molecule has 0 fully saturated rings.